The van der Waals surface area contributed by atoms with Crippen molar-refractivity contribution in [2.24, 2.45) is 0 Å². The first-order valence-corrected chi connectivity index (χ1v) is 15.9. The van der Waals surface area contributed by atoms with Crippen LogP contribution in [0.3, 0.4) is 0 Å². The number of fused-ring (bicyclic) bond motifs is 1. The molecule has 0 radical (unpaired) electrons. The molecule has 0 fully saturated rings. The molecule has 0 unspecified atom stereocenters. The lowest BCUT2D eigenvalue weighted by atomic mass is 10.0. The second-order valence-corrected chi connectivity index (χ2v) is 12.0. The third-order valence-corrected chi connectivity index (χ3v) is 8.44. The zero-order valence-electron chi connectivity index (χ0n) is 26.4. The van der Waals surface area contributed by atoms with Gasteiger partial charge in [0.2, 0.25) is 5.91 Å². The largest absolute Gasteiger partial charge is 0.497 e. The molecular weight excluding hydrogens is 593 g/mol. The zero-order valence-corrected chi connectivity index (χ0v) is 27.3. The summed E-state index contributed by atoms with van der Waals surface area (Å²) in [7, 11) is 3.38. The predicted octanol–water partition coefficient (Wildman–Crippen LogP) is 6.49. The molecule has 0 aliphatic rings. The van der Waals surface area contributed by atoms with Crippen LogP contribution in [0.1, 0.15) is 19.4 Å². The summed E-state index contributed by atoms with van der Waals surface area (Å²) in [5, 5.41) is 10.3. The molecule has 11 nitrogen and oxygen atoms in total. The quantitative estimate of drug-likeness (QED) is 0.114. The zero-order chi connectivity index (χ0) is 32.6. The van der Waals surface area contributed by atoms with Crippen LogP contribution >= 0.6 is 7.82 Å². The number of benzene rings is 2. The van der Waals surface area contributed by atoms with Crippen molar-refractivity contribution in [1.82, 2.24) is 14.5 Å². The average Bonchev–Trinajstić information content (AvgIpc) is 3.41. The fourth-order valence-corrected chi connectivity index (χ4v) is 5.76. The summed E-state index contributed by atoms with van der Waals surface area (Å²) in [4.78, 5) is 21.2. The summed E-state index contributed by atoms with van der Waals surface area (Å²) >= 11 is 0. The van der Waals surface area contributed by atoms with Crippen LogP contribution in [-0.4, -0.2) is 68.4 Å². The smallest absolute Gasteiger partial charge is 0.476 e. The number of likely N-dealkylation sites (N-methyl/N-ethyl adjacent to an activating group) is 2. The number of aromatic nitrogens is 2. The van der Waals surface area contributed by atoms with Gasteiger partial charge in [0.1, 0.15) is 18.1 Å². The highest BCUT2D eigenvalue weighted by Crippen LogP contribution is 2.50. The lowest BCUT2D eigenvalue weighted by molar-refractivity contribution is -0.113. The van der Waals surface area contributed by atoms with E-state index in [2.05, 4.69) is 6.07 Å². The Morgan fingerprint density at radius 2 is 1.78 bits per heavy atom. The van der Waals surface area contributed by atoms with Gasteiger partial charge < -0.3 is 19.1 Å². The number of methoxy groups -OCH3 is 1. The topological polar surface area (TPSA) is 119 Å². The van der Waals surface area contributed by atoms with Crippen molar-refractivity contribution in [3.05, 3.63) is 78.6 Å². The van der Waals surface area contributed by atoms with Gasteiger partial charge in [-0.05, 0) is 69.4 Å². The van der Waals surface area contributed by atoms with Crippen molar-refractivity contribution in [2.45, 2.75) is 20.6 Å². The average molecular weight is 632 g/mol. The van der Waals surface area contributed by atoms with Gasteiger partial charge in [-0.1, -0.05) is 18.2 Å². The highest BCUT2D eigenvalue weighted by atomic mass is 31.2. The number of hydrogen-bond acceptors (Lipinski definition) is 9. The number of amides is 1. The summed E-state index contributed by atoms with van der Waals surface area (Å²) in [6.45, 7) is 4.25. The molecule has 0 aliphatic heterocycles. The van der Waals surface area contributed by atoms with Crippen LogP contribution in [-0.2, 0) is 29.7 Å². The number of phosphoric acid groups is 1. The van der Waals surface area contributed by atoms with Crippen LogP contribution in [0.5, 0.6) is 5.75 Å². The van der Waals surface area contributed by atoms with E-state index in [0.29, 0.717) is 29.2 Å². The van der Waals surface area contributed by atoms with E-state index in [1.54, 1.807) is 67.9 Å². The number of anilines is 1. The number of carbonyl (C=O) groups excluding carboxylic acids is 1. The number of nitriles is 1. The van der Waals surface area contributed by atoms with Gasteiger partial charge in [0, 0.05) is 60.3 Å². The standard InChI is InChI=1S/C33H38N5O6P/c1-7-42-45(40,43-8-2)44-23-38-22-31(25-12-9-11-24(15-25)20-34)30-18-27(21-35-33(30)38)26-16-28(19-29(17-26)41-6)37(5)32(39)13-10-14-36(3)4/h9-13,15-19,21-22H,7-8,14,23H2,1-6H3. The van der Waals surface area contributed by atoms with E-state index >= 15 is 0 Å². The van der Waals surface area contributed by atoms with Crippen molar-refractivity contribution in [3.63, 3.8) is 0 Å². The molecule has 0 spiro atoms. The SMILES string of the molecule is CCOP(=O)(OCC)OCn1cc(-c2cccc(C#N)c2)c2cc(-c3cc(OC)cc(N(C)C(=O)C=CCN(C)C)c3)cnc21. The lowest BCUT2D eigenvalue weighted by Crippen LogP contribution is -2.24. The maximum absolute atomic E-state index is 13.0. The Hall–Kier alpha value is -4.30. The summed E-state index contributed by atoms with van der Waals surface area (Å²) < 4.78 is 36.6. The third kappa shape index (κ3) is 8.25. The Balaban J connectivity index is 1.80. The minimum absolute atomic E-state index is 0.143. The van der Waals surface area contributed by atoms with Crippen LogP contribution in [0, 0.1) is 11.3 Å². The first-order valence-electron chi connectivity index (χ1n) is 14.4. The van der Waals surface area contributed by atoms with Crippen LogP contribution in [0.25, 0.3) is 33.3 Å². The van der Waals surface area contributed by atoms with E-state index in [9.17, 15) is 14.6 Å². The molecule has 0 bridgehead atoms. The number of carbonyl (C=O) groups is 1. The second-order valence-electron chi connectivity index (χ2n) is 10.3. The summed E-state index contributed by atoms with van der Waals surface area (Å²) in [6, 6.07) is 17.0. The van der Waals surface area contributed by atoms with Gasteiger partial charge in [0.15, 0.2) is 0 Å². The first kappa shape index (κ1) is 33.6. The van der Waals surface area contributed by atoms with Crippen molar-refractivity contribution in [3.8, 4) is 34.1 Å². The number of rotatable bonds is 14. The molecule has 1 amide bonds. The molecule has 12 heteroatoms. The fourth-order valence-electron chi connectivity index (χ4n) is 4.64. The van der Waals surface area contributed by atoms with Gasteiger partial charge in [-0.2, -0.15) is 5.26 Å². The van der Waals surface area contributed by atoms with Crippen LogP contribution in [0.15, 0.2) is 73.1 Å². The molecule has 0 aliphatic carbocycles. The highest BCUT2D eigenvalue weighted by Gasteiger charge is 2.26. The molecule has 236 valence electrons. The van der Waals surface area contributed by atoms with E-state index in [-0.39, 0.29) is 25.9 Å². The summed E-state index contributed by atoms with van der Waals surface area (Å²) in [5.74, 6) is 0.410. The molecule has 0 N–H and O–H groups in total. The second kappa shape index (κ2) is 15.1. The molecular formula is C33H38N5O6P. The molecule has 4 aromatic rings. The fraction of sp³-hybridized carbons (Fsp3) is 0.303. The minimum atomic E-state index is -3.79. The van der Waals surface area contributed by atoms with E-state index < -0.39 is 7.82 Å². The van der Waals surface area contributed by atoms with Gasteiger partial charge in [-0.25, -0.2) is 9.55 Å². The Labute approximate surface area is 263 Å². The Bertz CT molecular complexity index is 1770. The van der Waals surface area contributed by atoms with Crippen LogP contribution in [0.2, 0.25) is 0 Å². The highest BCUT2D eigenvalue weighted by molar-refractivity contribution is 7.48. The van der Waals surface area contributed by atoms with Gasteiger partial charge >= 0.3 is 7.82 Å². The maximum atomic E-state index is 13.0. The van der Waals surface area contributed by atoms with Crippen molar-refractivity contribution in [1.29, 1.82) is 5.26 Å². The van der Waals surface area contributed by atoms with Gasteiger partial charge in [0.25, 0.3) is 0 Å². The molecule has 2 heterocycles. The van der Waals surface area contributed by atoms with Crippen molar-refractivity contribution >= 4 is 30.5 Å². The first-order chi connectivity index (χ1) is 21.6. The monoisotopic (exact) mass is 631 g/mol. The molecule has 0 saturated carbocycles. The molecule has 0 atom stereocenters. The number of nitrogens with zero attached hydrogens (tertiary/aromatic N) is 5. The summed E-state index contributed by atoms with van der Waals surface area (Å²) in [5.41, 5.74) is 4.89. The number of pyridine rings is 1. The number of hydrogen-bond donors (Lipinski definition) is 0. The van der Waals surface area contributed by atoms with Gasteiger partial charge in [-0.3, -0.25) is 18.4 Å². The summed E-state index contributed by atoms with van der Waals surface area (Å²) in [6.07, 6.45) is 6.92. The molecule has 2 aromatic heterocycles. The number of phosphoric ester groups is 1. The van der Waals surface area contributed by atoms with E-state index in [0.717, 1.165) is 27.6 Å². The van der Waals surface area contributed by atoms with Crippen LogP contribution in [0.4, 0.5) is 5.69 Å². The molecule has 0 saturated heterocycles. The lowest BCUT2D eigenvalue weighted by Gasteiger charge is -2.18. The van der Waals surface area contributed by atoms with Gasteiger partial charge in [-0.15, -0.1) is 0 Å². The minimum Gasteiger partial charge on any atom is -0.497 e. The molecule has 2 aromatic carbocycles. The third-order valence-electron chi connectivity index (χ3n) is 6.86. The Morgan fingerprint density at radius 3 is 2.44 bits per heavy atom. The predicted molar refractivity (Wildman–Crippen MR) is 175 cm³/mol. The van der Waals surface area contributed by atoms with Crippen molar-refractivity contribution in [2.75, 3.05) is 52.9 Å². The molecule has 45 heavy (non-hydrogen) atoms. The van der Waals surface area contributed by atoms with E-state index in [1.165, 1.54) is 0 Å². The normalized spacial score (nSPS) is 11.8. The van der Waals surface area contributed by atoms with Gasteiger partial charge in [0.05, 0.1) is 32.0 Å². The Kier molecular flexibility index (Phi) is 11.3. The molecule has 4 rings (SSSR count). The van der Waals surface area contributed by atoms with Crippen molar-refractivity contribution < 1.29 is 27.7 Å². The maximum Gasteiger partial charge on any atom is 0.476 e. The van der Waals surface area contributed by atoms with E-state index in [1.807, 2.05) is 61.6 Å². The van der Waals surface area contributed by atoms with Crippen LogP contribution < -0.4 is 9.64 Å². The Morgan fingerprint density at radius 1 is 1.02 bits per heavy atom. The van der Waals surface area contributed by atoms with E-state index in [4.69, 9.17) is 23.3 Å². The number of ether oxygens (including phenoxy) is 1.